The van der Waals surface area contributed by atoms with Gasteiger partial charge in [0.2, 0.25) is 0 Å². The van der Waals surface area contributed by atoms with Crippen LogP contribution < -0.4 is 10.4 Å². The number of aryl methyl sites for hydroxylation is 1. The van der Waals surface area contributed by atoms with Gasteiger partial charge in [-0.1, -0.05) is 11.6 Å². The molecule has 0 aliphatic heterocycles. The van der Waals surface area contributed by atoms with Gasteiger partial charge in [0.25, 0.3) is 0 Å². The first-order valence-corrected chi connectivity index (χ1v) is 6.86. The van der Waals surface area contributed by atoms with E-state index < -0.39 is 0 Å². The molecular formula is C15H12ClNO3. The molecule has 1 heterocycles. The van der Waals surface area contributed by atoms with Crippen molar-refractivity contribution in [2.45, 2.75) is 25.7 Å². The van der Waals surface area contributed by atoms with Crippen LogP contribution >= 0.6 is 11.6 Å². The summed E-state index contributed by atoms with van der Waals surface area (Å²) >= 11 is 6.17. The van der Waals surface area contributed by atoms with Gasteiger partial charge < -0.3 is 9.15 Å². The van der Waals surface area contributed by atoms with Crippen LogP contribution in [0.1, 0.15) is 24.0 Å². The Morgan fingerprint density at radius 1 is 1.30 bits per heavy atom. The van der Waals surface area contributed by atoms with E-state index in [0.717, 1.165) is 42.2 Å². The number of halogens is 1. The normalized spacial score (nSPS) is 13.8. The second-order valence-corrected chi connectivity index (χ2v) is 5.19. The van der Waals surface area contributed by atoms with Crippen molar-refractivity contribution in [3.05, 3.63) is 38.7 Å². The number of nitriles is 1. The zero-order chi connectivity index (χ0) is 14.1. The lowest BCUT2D eigenvalue weighted by atomic mass is 9.91. The minimum Gasteiger partial charge on any atom is -0.477 e. The Kier molecular flexibility index (Phi) is 3.37. The molecule has 0 bridgehead atoms. The van der Waals surface area contributed by atoms with E-state index in [1.807, 2.05) is 6.07 Å². The Hall–Kier alpha value is -1.99. The summed E-state index contributed by atoms with van der Waals surface area (Å²) in [4.78, 5) is 12.0. The third-order valence-corrected chi connectivity index (χ3v) is 3.86. The Balaban J connectivity index is 2.22. The first-order chi connectivity index (χ1) is 9.70. The summed E-state index contributed by atoms with van der Waals surface area (Å²) in [6.07, 6.45) is 3.71. The van der Waals surface area contributed by atoms with Crippen molar-refractivity contribution in [3.8, 4) is 11.8 Å². The first kappa shape index (κ1) is 13.0. The molecule has 3 rings (SSSR count). The van der Waals surface area contributed by atoms with Gasteiger partial charge in [-0.05, 0) is 37.3 Å². The summed E-state index contributed by atoms with van der Waals surface area (Å²) < 4.78 is 10.6. The molecule has 0 amide bonds. The van der Waals surface area contributed by atoms with E-state index in [0.29, 0.717) is 16.4 Å². The highest BCUT2D eigenvalue weighted by Gasteiger charge is 2.19. The van der Waals surface area contributed by atoms with E-state index >= 15 is 0 Å². The monoisotopic (exact) mass is 289 g/mol. The van der Waals surface area contributed by atoms with Crippen LogP contribution in [-0.2, 0) is 12.8 Å². The highest BCUT2D eigenvalue weighted by atomic mass is 35.5. The lowest BCUT2D eigenvalue weighted by Crippen LogP contribution is -2.15. The highest BCUT2D eigenvalue weighted by molar-refractivity contribution is 6.32. The standard InChI is InChI=1S/C15H12ClNO3/c16-12-7-11-9-3-1-2-4-10(9)15(18)20-13(11)8-14(12)19-6-5-17/h7-8H,1-4,6H2. The van der Waals surface area contributed by atoms with Crippen molar-refractivity contribution in [2.24, 2.45) is 0 Å². The second-order valence-electron chi connectivity index (χ2n) is 4.78. The second kappa shape index (κ2) is 5.18. The lowest BCUT2D eigenvalue weighted by molar-refractivity contribution is 0.368. The van der Waals surface area contributed by atoms with E-state index in [4.69, 9.17) is 26.0 Å². The molecule has 4 nitrogen and oxygen atoms in total. The molecule has 2 aromatic rings. The molecule has 0 N–H and O–H groups in total. The van der Waals surface area contributed by atoms with Crippen LogP contribution in [-0.4, -0.2) is 6.61 Å². The molecule has 0 radical (unpaired) electrons. The minimum atomic E-state index is -0.277. The van der Waals surface area contributed by atoms with Crippen molar-refractivity contribution < 1.29 is 9.15 Å². The molecule has 0 fully saturated rings. The number of benzene rings is 1. The summed E-state index contributed by atoms with van der Waals surface area (Å²) in [6, 6.07) is 5.23. The Labute approximate surface area is 120 Å². The van der Waals surface area contributed by atoms with E-state index in [2.05, 4.69) is 0 Å². The van der Waals surface area contributed by atoms with Crippen LogP contribution in [0, 0.1) is 11.3 Å². The fraction of sp³-hybridized carbons (Fsp3) is 0.333. The van der Waals surface area contributed by atoms with Crippen molar-refractivity contribution in [1.82, 2.24) is 0 Å². The minimum absolute atomic E-state index is 0.0968. The van der Waals surface area contributed by atoms with Crippen molar-refractivity contribution in [2.75, 3.05) is 6.61 Å². The largest absolute Gasteiger partial charge is 0.477 e. The molecule has 1 aliphatic carbocycles. The van der Waals surface area contributed by atoms with Crippen LogP contribution in [0.15, 0.2) is 21.3 Å². The average molecular weight is 290 g/mol. The van der Waals surface area contributed by atoms with E-state index in [9.17, 15) is 4.79 Å². The third-order valence-electron chi connectivity index (χ3n) is 3.57. The lowest BCUT2D eigenvalue weighted by Gasteiger charge is -2.16. The highest BCUT2D eigenvalue weighted by Crippen LogP contribution is 2.34. The van der Waals surface area contributed by atoms with Gasteiger partial charge in [0.05, 0.1) is 5.02 Å². The van der Waals surface area contributed by atoms with Gasteiger partial charge in [-0.3, -0.25) is 0 Å². The smallest absolute Gasteiger partial charge is 0.339 e. The number of nitrogens with zero attached hydrogens (tertiary/aromatic N) is 1. The Bertz CT molecular complexity index is 773. The molecule has 0 unspecified atom stereocenters. The summed E-state index contributed by atoms with van der Waals surface area (Å²) in [5.74, 6) is 0.361. The van der Waals surface area contributed by atoms with Gasteiger partial charge >= 0.3 is 5.63 Å². The zero-order valence-corrected chi connectivity index (χ0v) is 11.5. The zero-order valence-electron chi connectivity index (χ0n) is 10.7. The molecule has 0 atom stereocenters. The van der Waals surface area contributed by atoms with Crippen LogP contribution in [0.3, 0.4) is 0 Å². The molecule has 5 heteroatoms. The Morgan fingerprint density at radius 2 is 2.05 bits per heavy atom. The van der Waals surface area contributed by atoms with Crippen molar-refractivity contribution in [3.63, 3.8) is 0 Å². The van der Waals surface area contributed by atoms with Crippen molar-refractivity contribution in [1.29, 1.82) is 5.26 Å². The molecule has 102 valence electrons. The Morgan fingerprint density at radius 3 is 2.80 bits per heavy atom. The van der Waals surface area contributed by atoms with Gasteiger partial charge in [0.15, 0.2) is 6.61 Å². The molecular weight excluding hydrogens is 278 g/mol. The van der Waals surface area contributed by atoms with Gasteiger partial charge in [-0.2, -0.15) is 5.26 Å². The molecule has 1 aliphatic rings. The maximum atomic E-state index is 12.0. The predicted molar refractivity (Wildman–Crippen MR) is 75.2 cm³/mol. The molecule has 1 aromatic heterocycles. The van der Waals surface area contributed by atoms with Gasteiger partial charge in [0.1, 0.15) is 17.4 Å². The maximum absolute atomic E-state index is 12.0. The van der Waals surface area contributed by atoms with Gasteiger partial charge in [-0.15, -0.1) is 0 Å². The topological polar surface area (TPSA) is 63.2 Å². The number of ether oxygens (including phenoxy) is 1. The molecule has 0 spiro atoms. The summed E-state index contributed by atoms with van der Waals surface area (Å²) in [7, 11) is 0. The van der Waals surface area contributed by atoms with Gasteiger partial charge in [-0.25, -0.2) is 4.79 Å². The number of hydrogen-bond acceptors (Lipinski definition) is 4. The van der Waals surface area contributed by atoms with E-state index in [-0.39, 0.29) is 12.2 Å². The fourth-order valence-electron chi connectivity index (χ4n) is 2.66. The molecule has 1 aromatic carbocycles. The quantitative estimate of drug-likeness (QED) is 0.796. The predicted octanol–water partition coefficient (Wildman–Crippen LogP) is 3.23. The number of rotatable bonds is 2. The molecule has 0 saturated carbocycles. The van der Waals surface area contributed by atoms with Crippen molar-refractivity contribution >= 4 is 22.6 Å². The fourth-order valence-corrected chi connectivity index (χ4v) is 2.88. The summed E-state index contributed by atoms with van der Waals surface area (Å²) in [5.41, 5.74) is 2.00. The molecule has 0 saturated heterocycles. The van der Waals surface area contributed by atoms with Crippen LogP contribution in [0.25, 0.3) is 11.0 Å². The SMILES string of the molecule is N#CCOc1cc2oc(=O)c3c(c2cc1Cl)CCCC3. The number of hydrogen-bond donors (Lipinski definition) is 0. The van der Waals surface area contributed by atoms with Crippen LogP contribution in [0.2, 0.25) is 5.02 Å². The van der Waals surface area contributed by atoms with E-state index in [1.54, 1.807) is 12.1 Å². The summed E-state index contributed by atoms with van der Waals surface area (Å²) in [5, 5.41) is 9.84. The van der Waals surface area contributed by atoms with E-state index in [1.165, 1.54) is 0 Å². The average Bonchev–Trinajstić information content (AvgIpc) is 2.46. The van der Waals surface area contributed by atoms with Gasteiger partial charge in [0, 0.05) is 17.0 Å². The molecule has 20 heavy (non-hydrogen) atoms. The first-order valence-electron chi connectivity index (χ1n) is 6.48. The van der Waals surface area contributed by atoms with Crippen LogP contribution in [0.4, 0.5) is 0 Å². The maximum Gasteiger partial charge on any atom is 0.339 e. The number of fused-ring (bicyclic) bond motifs is 3. The summed E-state index contributed by atoms with van der Waals surface area (Å²) in [6.45, 7) is -0.0968. The third kappa shape index (κ3) is 2.14. The van der Waals surface area contributed by atoms with Crippen LogP contribution in [0.5, 0.6) is 5.75 Å².